The van der Waals surface area contributed by atoms with Gasteiger partial charge < -0.3 is 14.4 Å². The van der Waals surface area contributed by atoms with Crippen LogP contribution in [0.25, 0.3) is 0 Å². The van der Waals surface area contributed by atoms with Gasteiger partial charge in [0.1, 0.15) is 0 Å². The van der Waals surface area contributed by atoms with Gasteiger partial charge in [0.15, 0.2) is 11.5 Å². The molecule has 0 N–H and O–H groups in total. The second-order valence-corrected chi connectivity index (χ2v) is 6.19. The maximum Gasteiger partial charge on any atom is 0.160 e. The van der Waals surface area contributed by atoms with Gasteiger partial charge in [0.05, 0.1) is 14.2 Å². The van der Waals surface area contributed by atoms with E-state index in [-0.39, 0.29) is 0 Å². The normalized spacial score (nSPS) is 10.9. The van der Waals surface area contributed by atoms with Gasteiger partial charge in [0.25, 0.3) is 0 Å². The standard InChI is InChI=1S/C18H21Cl2NO2/c1-21(12-14-15(19)5-4-6-16(14)20)10-9-13-7-8-17(22-2)18(11-13)23-3/h4-8,11H,9-10,12H2,1-3H3. The molecular formula is C18H21Cl2NO2. The third-order valence-corrected chi connectivity index (χ3v) is 4.43. The molecule has 0 bridgehead atoms. The Balaban J connectivity index is 1.98. The number of rotatable bonds is 7. The molecule has 0 radical (unpaired) electrons. The fourth-order valence-corrected chi connectivity index (χ4v) is 2.91. The van der Waals surface area contributed by atoms with Crippen molar-refractivity contribution in [2.24, 2.45) is 0 Å². The molecule has 124 valence electrons. The predicted octanol–water partition coefficient (Wildman–Crippen LogP) is 4.69. The molecule has 23 heavy (non-hydrogen) atoms. The summed E-state index contributed by atoms with van der Waals surface area (Å²) in [5.74, 6) is 1.49. The minimum absolute atomic E-state index is 0.704. The molecule has 0 aliphatic carbocycles. The molecule has 2 aromatic rings. The number of benzene rings is 2. The summed E-state index contributed by atoms with van der Waals surface area (Å²) in [5.41, 5.74) is 2.16. The van der Waals surface area contributed by atoms with Crippen molar-refractivity contribution in [1.29, 1.82) is 0 Å². The molecule has 0 saturated carbocycles. The Bertz CT molecular complexity index is 641. The number of halogens is 2. The van der Waals surface area contributed by atoms with Gasteiger partial charge in [-0.15, -0.1) is 0 Å². The Morgan fingerprint density at radius 1 is 0.957 bits per heavy atom. The highest BCUT2D eigenvalue weighted by atomic mass is 35.5. The van der Waals surface area contributed by atoms with Crippen molar-refractivity contribution in [1.82, 2.24) is 4.90 Å². The average Bonchev–Trinajstić information content (AvgIpc) is 2.56. The van der Waals surface area contributed by atoms with Crippen molar-refractivity contribution in [2.45, 2.75) is 13.0 Å². The highest BCUT2D eigenvalue weighted by Crippen LogP contribution is 2.28. The minimum Gasteiger partial charge on any atom is -0.493 e. The first-order chi connectivity index (χ1) is 11.0. The molecule has 0 amide bonds. The van der Waals surface area contributed by atoms with Crippen LogP contribution < -0.4 is 9.47 Å². The number of hydrogen-bond donors (Lipinski definition) is 0. The van der Waals surface area contributed by atoms with Crippen LogP contribution in [0, 0.1) is 0 Å². The van der Waals surface area contributed by atoms with Gasteiger partial charge in [0, 0.05) is 28.7 Å². The summed E-state index contributed by atoms with van der Waals surface area (Å²) in [6, 6.07) is 11.6. The lowest BCUT2D eigenvalue weighted by atomic mass is 10.1. The van der Waals surface area contributed by atoms with E-state index in [0.717, 1.165) is 30.0 Å². The fraction of sp³-hybridized carbons (Fsp3) is 0.333. The second-order valence-electron chi connectivity index (χ2n) is 5.38. The van der Waals surface area contributed by atoms with Crippen molar-refractivity contribution < 1.29 is 9.47 Å². The maximum absolute atomic E-state index is 6.22. The Morgan fingerprint density at radius 2 is 1.61 bits per heavy atom. The summed E-state index contributed by atoms with van der Waals surface area (Å²) in [4.78, 5) is 2.20. The Kier molecular flexibility index (Phi) is 6.58. The summed E-state index contributed by atoms with van der Waals surface area (Å²) in [5, 5.41) is 1.41. The van der Waals surface area contributed by atoms with E-state index in [4.69, 9.17) is 32.7 Å². The van der Waals surface area contributed by atoms with Crippen molar-refractivity contribution >= 4 is 23.2 Å². The van der Waals surface area contributed by atoms with Crippen LogP contribution in [0.3, 0.4) is 0 Å². The zero-order valence-corrected chi connectivity index (χ0v) is 15.1. The first-order valence-electron chi connectivity index (χ1n) is 7.37. The predicted molar refractivity (Wildman–Crippen MR) is 96.0 cm³/mol. The molecule has 3 nitrogen and oxygen atoms in total. The van der Waals surface area contributed by atoms with Gasteiger partial charge in [-0.3, -0.25) is 0 Å². The van der Waals surface area contributed by atoms with E-state index in [9.17, 15) is 0 Å². The minimum atomic E-state index is 0.704. The van der Waals surface area contributed by atoms with Gasteiger partial charge in [-0.05, 0) is 43.3 Å². The topological polar surface area (TPSA) is 21.7 Å². The van der Waals surface area contributed by atoms with Crippen LogP contribution in [0.4, 0.5) is 0 Å². The fourth-order valence-electron chi connectivity index (χ4n) is 2.39. The van der Waals surface area contributed by atoms with E-state index in [0.29, 0.717) is 16.6 Å². The molecule has 0 aromatic heterocycles. The van der Waals surface area contributed by atoms with E-state index in [1.165, 1.54) is 5.56 Å². The third-order valence-electron chi connectivity index (χ3n) is 3.72. The lowest BCUT2D eigenvalue weighted by Crippen LogP contribution is -2.21. The zero-order chi connectivity index (χ0) is 16.8. The first-order valence-corrected chi connectivity index (χ1v) is 8.13. The third kappa shape index (κ3) is 4.77. The molecule has 0 fully saturated rings. The number of methoxy groups -OCH3 is 2. The lowest BCUT2D eigenvalue weighted by molar-refractivity contribution is 0.330. The van der Waals surface area contributed by atoms with Crippen molar-refractivity contribution in [3.63, 3.8) is 0 Å². The smallest absolute Gasteiger partial charge is 0.160 e. The quantitative estimate of drug-likeness (QED) is 0.720. The van der Waals surface area contributed by atoms with E-state index in [1.54, 1.807) is 14.2 Å². The number of ether oxygens (including phenoxy) is 2. The molecule has 0 aliphatic rings. The monoisotopic (exact) mass is 353 g/mol. The van der Waals surface area contributed by atoms with Crippen LogP contribution in [-0.2, 0) is 13.0 Å². The summed E-state index contributed by atoms with van der Waals surface area (Å²) in [6.07, 6.45) is 0.902. The average molecular weight is 354 g/mol. The zero-order valence-electron chi connectivity index (χ0n) is 13.6. The summed E-state index contributed by atoms with van der Waals surface area (Å²) in [6.45, 7) is 1.60. The van der Waals surface area contributed by atoms with Crippen molar-refractivity contribution in [3.8, 4) is 11.5 Å². The van der Waals surface area contributed by atoms with E-state index in [1.807, 2.05) is 30.3 Å². The van der Waals surface area contributed by atoms with Gasteiger partial charge in [-0.1, -0.05) is 35.3 Å². The van der Waals surface area contributed by atoms with Gasteiger partial charge >= 0.3 is 0 Å². The first kappa shape index (κ1) is 17.9. The number of nitrogens with zero attached hydrogens (tertiary/aromatic N) is 1. The molecule has 0 saturated heterocycles. The summed E-state index contributed by atoms with van der Waals surface area (Å²) in [7, 11) is 5.34. The van der Waals surface area contributed by atoms with Crippen molar-refractivity contribution in [3.05, 3.63) is 57.6 Å². The number of likely N-dealkylation sites (N-methyl/N-ethyl adjacent to an activating group) is 1. The van der Waals surface area contributed by atoms with Crippen LogP contribution in [0.5, 0.6) is 11.5 Å². The van der Waals surface area contributed by atoms with Crippen LogP contribution in [0.2, 0.25) is 10.0 Å². The SMILES string of the molecule is COc1ccc(CCN(C)Cc2c(Cl)cccc2Cl)cc1OC. The molecule has 0 spiro atoms. The van der Waals surface area contributed by atoms with Crippen LogP contribution in [-0.4, -0.2) is 32.7 Å². The largest absolute Gasteiger partial charge is 0.493 e. The summed E-state index contributed by atoms with van der Waals surface area (Å²) < 4.78 is 10.6. The summed E-state index contributed by atoms with van der Waals surface area (Å²) >= 11 is 12.4. The molecule has 5 heteroatoms. The molecule has 0 unspecified atom stereocenters. The molecule has 2 aromatic carbocycles. The second kappa shape index (κ2) is 8.44. The Morgan fingerprint density at radius 3 is 2.22 bits per heavy atom. The lowest BCUT2D eigenvalue weighted by Gasteiger charge is -2.18. The highest BCUT2D eigenvalue weighted by molar-refractivity contribution is 6.35. The van der Waals surface area contributed by atoms with E-state index >= 15 is 0 Å². The molecule has 0 heterocycles. The Hall–Kier alpha value is -1.42. The highest BCUT2D eigenvalue weighted by Gasteiger charge is 2.10. The van der Waals surface area contributed by atoms with Crippen LogP contribution in [0.15, 0.2) is 36.4 Å². The van der Waals surface area contributed by atoms with E-state index in [2.05, 4.69) is 18.0 Å². The van der Waals surface area contributed by atoms with Gasteiger partial charge in [-0.2, -0.15) is 0 Å². The van der Waals surface area contributed by atoms with Gasteiger partial charge in [0.2, 0.25) is 0 Å². The molecule has 0 atom stereocenters. The number of hydrogen-bond acceptors (Lipinski definition) is 3. The van der Waals surface area contributed by atoms with Crippen LogP contribution >= 0.6 is 23.2 Å². The van der Waals surface area contributed by atoms with Gasteiger partial charge in [-0.25, -0.2) is 0 Å². The molecule has 0 aliphatic heterocycles. The maximum atomic E-state index is 6.22. The Labute approximate surface area is 147 Å². The van der Waals surface area contributed by atoms with Crippen molar-refractivity contribution in [2.75, 3.05) is 27.8 Å². The van der Waals surface area contributed by atoms with E-state index < -0.39 is 0 Å². The molecule has 2 rings (SSSR count). The van der Waals surface area contributed by atoms with Crippen LogP contribution in [0.1, 0.15) is 11.1 Å². The molecular weight excluding hydrogens is 333 g/mol.